The lowest BCUT2D eigenvalue weighted by Crippen LogP contribution is -2.36. The minimum atomic E-state index is -0.750. The van der Waals surface area contributed by atoms with Crippen molar-refractivity contribution in [3.05, 3.63) is 35.0 Å². The van der Waals surface area contributed by atoms with Gasteiger partial charge in [0.25, 0.3) is 0 Å². The first-order valence-electron chi connectivity index (χ1n) is 6.91. The van der Waals surface area contributed by atoms with Gasteiger partial charge >= 0.3 is 0 Å². The Hall–Kier alpha value is -2.19. The molecule has 0 amide bonds. The highest BCUT2D eigenvalue weighted by Crippen LogP contribution is 2.34. The molecule has 0 saturated carbocycles. The molecule has 6 nitrogen and oxygen atoms in total. The Bertz CT molecular complexity index is 725. The predicted octanol–water partition coefficient (Wildman–Crippen LogP) is 2.57. The molecule has 1 saturated heterocycles. The molecular weight excluding hydrogens is 328 g/mol. The zero-order valence-corrected chi connectivity index (χ0v) is 12.8. The Morgan fingerprint density at radius 1 is 1.26 bits per heavy atom. The van der Waals surface area contributed by atoms with Crippen LogP contribution in [-0.2, 0) is 4.74 Å². The van der Waals surface area contributed by atoms with Crippen LogP contribution < -0.4 is 16.0 Å². The molecule has 122 valence electrons. The Kier molecular flexibility index (Phi) is 4.44. The first-order chi connectivity index (χ1) is 11.0. The van der Waals surface area contributed by atoms with Gasteiger partial charge in [-0.05, 0) is 6.07 Å². The average molecular weight is 342 g/mol. The maximum absolute atomic E-state index is 14.3. The number of nitrogens with two attached hydrogens (primary N) is 1. The molecule has 23 heavy (non-hydrogen) atoms. The third kappa shape index (κ3) is 3.43. The van der Waals surface area contributed by atoms with Crippen LogP contribution in [0.15, 0.2) is 18.3 Å². The summed E-state index contributed by atoms with van der Waals surface area (Å²) in [4.78, 5) is 9.51. The van der Waals surface area contributed by atoms with Gasteiger partial charge in [-0.2, -0.15) is 4.98 Å². The van der Waals surface area contributed by atoms with Crippen LogP contribution in [0.5, 0.6) is 0 Å². The van der Waals surface area contributed by atoms with Crippen molar-refractivity contribution in [2.75, 3.05) is 42.3 Å². The number of benzene rings is 1. The number of morpholine rings is 1. The Balaban J connectivity index is 2.01. The minimum absolute atomic E-state index is 0.00709. The Labute approximate surface area is 136 Å². The number of hydrogen-bond donors (Lipinski definition) is 2. The van der Waals surface area contributed by atoms with Crippen molar-refractivity contribution in [1.82, 2.24) is 9.97 Å². The number of ether oxygens (including phenoxy) is 1. The Morgan fingerprint density at radius 2 is 2.00 bits per heavy atom. The third-order valence-corrected chi connectivity index (χ3v) is 3.67. The summed E-state index contributed by atoms with van der Waals surface area (Å²) in [5.41, 5.74) is 5.97. The normalized spacial score (nSPS) is 14.8. The van der Waals surface area contributed by atoms with Crippen molar-refractivity contribution in [2.45, 2.75) is 0 Å². The van der Waals surface area contributed by atoms with E-state index in [0.717, 1.165) is 6.07 Å². The van der Waals surface area contributed by atoms with Crippen molar-refractivity contribution in [3.8, 4) is 0 Å². The van der Waals surface area contributed by atoms with E-state index in [1.807, 2.05) is 4.90 Å². The van der Waals surface area contributed by atoms with E-state index in [9.17, 15) is 8.78 Å². The predicted molar refractivity (Wildman–Crippen MR) is 84.1 cm³/mol. The van der Waals surface area contributed by atoms with E-state index in [2.05, 4.69) is 15.3 Å². The summed E-state index contributed by atoms with van der Waals surface area (Å²) >= 11 is 5.99. The average Bonchev–Trinajstić information content (AvgIpc) is 2.54. The van der Waals surface area contributed by atoms with Crippen LogP contribution in [0, 0.1) is 11.6 Å². The molecule has 2 aromatic rings. The molecule has 0 atom stereocenters. The van der Waals surface area contributed by atoms with Crippen molar-refractivity contribution < 1.29 is 13.5 Å². The number of aromatic nitrogens is 2. The summed E-state index contributed by atoms with van der Waals surface area (Å²) in [6, 6.07) is 2.06. The number of halogens is 3. The van der Waals surface area contributed by atoms with Gasteiger partial charge in [-0.25, -0.2) is 13.8 Å². The largest absolute Gasteiger partial charge is 0.378 e. The van der Waals surface area contributed by atoms with Gasteiger partial charge in [0.15, 0.2) is 11.6 Å². The lowest BCUT2D eigenvalue weighted by atomic mass is 10.2. The molecule has 3 N–H and O–H groups in total. The van der Waals surface area contributed by atoms with Gasteiger partial charge in [-0.15, -0.1) is 0 Å². The second-order valence-corrected chi connectivity index (χ2v) is 5.34. The van der Waals surface area contributed by atoms with Crippen molar-refractivity contribution in [1.29, 1.82) is 0 Å². The molecular formula is C14H14ClF2N5O. The maximum Gasteiger partial charge on any atom is 0.222 e. The van der Waals surface area contributed by atoms with E-state index in [1.165, 1.54) is 12.3 Å². The zero-order valence-electron chi connectivity index (χ0n) is 12.0. The van der Waals surface area contributed by atoms with Crippen LogP contribution in [0.1, 0.15) is 0 Å². The second-order valence-electron chi connectivity index (χ2n) is 4.93. The number of anilines is 4. The van der Waals surface area contributed by atoms with Crippen LogP contribution >= 0.6 is 11.6 Å². The zero-order chi connectivity index (χ0) is 16.4. The highest BCUT2D eigenvalue weighted by molar-refractivity contribution is 6.33. The van der Waals surface area contributed by atoms with E-state index < -0.39 is 11.6 Å². The van der Waals surface area contributed by atoms with Crippen LogP contribution in [-0.4, -0.2) is 36.3 Å². The highest BCUT2D eigenvalue weighted by atomic mass is 35.5. The molecule has 2 heterocycles. The van der Waals surface area contributed by atoms with Gasteiger partial charge in [-0.3, -0.25) is 0 Å². The van der Waals surface area contributed by atoms with E-state index in [1.54, 1.807) is 0 Å². The SMILES string of the molecule is Nc1ncc(Cl)c(Nc2c(F)cc(F)cc2N2CCOCC2)n1. The summed E-state index contributed by atoms with van der Waals surface area (Å²) in [5, 5.41) is 2.96. The summed E-state index contributed by atoms with van der Waals surface area (Å²) in [6.45, 7) is 2.02. The number of nitrogens with one attached hydrogen (secondary N) is 1. The van der Waals surface area contributed by atoms with E-state index in [0.29, 0.717) is 32.0 Å². The number of nitrogens with zero attached hydrogens (tertiary/aromatic N) is 3. The topological polar surface area (TPSA) is 76.3 Å². The minimum Gasteiger partial charge on any atom is -0.378 e. The van der Waals surface area contributed by atoms with Gasteiger partial charge in [0.05, 0.1) is 30.8 Å². The van der Waals surface area contributed by atoms with E-state index >= 15 is 0 Å². The first kappa shape index (κ1) is 15.7. The standard InChI is InChI=1S/C14H14ClF2N5O/c15-9-7-19-14(18)21-13(9)20-12-10(17)5-8(16)6-11(12)22-1-3-23-4-2-22/h5-7H,1-4H2,(H3,18,19,20,21). The second kappa shape index (κ2) is 6.51. The molecule has 0 unspecified atom stereocenters. The fourth-order valence-electron chi connectivity index (χ4n) is 2.32. The molecule has 1 aliphatic rings. The fraction of sp³-hybridized carbons (Fsp3) is 0.286. The molecule has 0 aliphatic carbocycles. The lowest BCUT2D eigenvalue weighted by molar-refractivity contribution is 0.122. The summed E-state index contributed by atoms with van der Waals surface area (Å²) in [7, 11) is 0. The third-order valence-electron chi connectivity index (χ3n) is 3.39. The number of hydrogen-bond acceptors (Lipinski definition) is 6. The monoisotopic (exact) mass is 341 g/mol. The van der Waals surface area contributed by atoms with Crippen molar-refractivity contribution in [3.63, 3.8) is 0 Å². The van der Waals surface area contributed by atoms with E-state index in [4.69, 9.17) is 22.1 Å². The van der Waals surface area contributed by atoms with Gasteiger partial charge in [0.2, 0.25) is 5.95 Å². The molecule has 0 bridgehead atoms. The van der Waals surface area contributed by atoms with E-state index in [-0.39, 0.29) is 22.5 Å². The number of nitrogen functional groups attached to an aromatic ring is 1. The molecule has 9 heteroatoms. The maximum atomic E-state index is 14.3. The molecule has 1 fully saturated rings. The number of rotatable bonds is 3. The van der Waals surface area contributed by atoms with Crippen LogP contribution in [0.25, 0.3) is 0 Å². The van der Waals surface area contributed by atoms with Gasteiger partial charge in [0, 0.05) is 19.2 Å². The van der Waals surface area contributed by atoms with Crippen molar-refractivity contribution in [2.24, 2.45) is 0 Å². The highest BCUT2D eigenvalue weighted by Gasteiger charge is 2.20. The van der Waals surface area contributed by atoms with Gasteiger partial charge in [0.1, 0.15) is 10.8 Å². The summed E-state index contributed by atoms with van der Waals surface area (Å²) in [6.07, 6.45) is 1.31. The summed E-state index contributed by atoms with van der Waals surface area (Å²) < 4.78 is 33.2. The van der Waals surface area contributed by atoms with Crippen LogP contribution in [0.4, 0.5) is 31.9 Å². The molecule has 1 aromatic heterocycles. The molecule has 0 radical (unpaired) electrons. The van der Waals surface area contributed by atoms with Gasteiger partial charge < -0.3 is 20.7 Å². The molecule has 0 spiro atoms. The fourth-order valence-corrected chi connectivity index (χ4v) is 2.46. The van der Waals surface area contributed by atoms with Gasteiger partial charge in [-0.1, -0.05) is 11.6 Å². The first-order valence-corrected chi connectivity index (χ1v) is 7.29. The lowest BCUT2D eigenvalue weighted by Gasteiger charge is -2.30. The smallest absolute Gasteiger partial charge is 0.222 e. The van der Waals surface area contributed by atoms with Crippen LogP contribution in [0.3, 0.4) is 0 Å². The molecule has 3 rings (SSSR count). The Morgan fingerprint density at radius 3 is 2.74 bits per heavy atom. The molecule has 1 aliphatic heterocycles. The summed E-state index contributed by atoms with van der Waals surface area (Å²) in [5.74, 6) is -1.27. The quantitative estimate of drug-likeness (QED) is 0.893. The van der Waals surface area contributed by atoms with Crippen molar-refractivity contribution >= 4 is 34.7 Å². The van der Waals surface area contributed by atoms with Crippen LogP contribution in [0.2, 0.25) is 5.02 Å². The molecule has 1 aromatic carbocycles.